The van der Waals surface area contributed by atoms with Crippen LogP contribution in [0.1, 0.15) is 12.7 Å². The summed E-state index contributed by atoms with van der Waals surface area (Å²) < 4.78 is 11.0. The number of hydrogen-bond acceptors (Lipinski definition) is 6. The molecule has 1 aromatic carbocycles. The van der Waals surface area contributed by atoms with Gasteiger partial charge in [-0.05, 0) is 37.3 Å². The molecular weight excluding hydrogens is 404 g/mol. The van der Waals surface area contributed by atoms with Crippen molar-refractivity contribution in [2.75, 3.05) is 33.3 Å². The maximum atomic E-state index is 5.98. The van der Waals surface area contributed by atoms with Gasteiger partial charge in [-0.25, -0.2) is 0 Å². The van der Waals surface area contributed by atoms with Crippen LogP contribution in [0.5, 0.6) is 5.75 Å². The van der Waals surface area contributed by atoms with Gasteiger partial charge < -0.3 is 19.5 Å². The van der Waals surface area contributed by atoms with E-state index in [1.807, 2.05) is 55.3 Å². The molecule has 2 aromatic heterocycles. The van der Waals surface area contributed by atoms with Crippen molar-refractivity contribution in [2.45, 2.75) is 13.3 Å². The van der Waals surface area contributed by atoms with Gasteiger partial charge in [0.1, 0.15) is 18.1 Å². The van der Waals surface area contributed by atoms with Crippen molar-refractivity contribution < 1.29 is 9.26 Å². The Hall–Kier alpha value is -3.13. The van der Waals surface area contributed by atoms with E-state index in [-0.39, 0.29) is 0 Å². The zero-order chi connectivity index (χ0) is 21.2. The van der Waals surface area contributed by atoms with Crippen molar-refractivity contribution in [3.8, 4) is 17.3 Å². The molecule has 8 nitrogen and oxygen atoms in total. The minimum atomic E-state index is 0.414. The van der Waals surface area contributed by atoms with Crippen LogP contribution in [0.15, 0.2) is 58.2 Å². The van der Waals surface area contributed by atoms with E-state index in [0.29, 0.717) is 48.5 Å². The smallest absolute Gasteiger partial charge is 0.276 e. The second-order valence-corrected chi connectivity index (χ2v) is 6.88. The van der Waals surface area contributed by atoms with Crippen molar-refractivity contribution in [1.82, 2.24) is 25.3 Å². The fourth-order valence-electron chi connectivity index (χ4n) is 2.64. The minimum absolute atomic E-state index is 0.414. The van der Waals surface area contributed by atoms with Gasteiger partial charge in [0.15, 0.2) is 11.8 Å². The summed E-state index contributed by atoms with van der Waals surface area (Å²) in [6.07, 6.45) is 2.26. The molecule has 2 heterocycles. The molecule has 158 valence electrons. The molecule has 0 bridgehead atoms. The molecule has 1 N–H and O–H groups in total. The molecule has 0 aliphatic carbocycles. The third kappa shape index (κ3) is 6.45. The lowest BCUT2D eigenvalue weighted by atomic mass is 10.3. The molecule has 0 radical (unpaired) electrons. The maximum absolute atomic E-state index is 5.98. The number of hydrogen-bond donors (Lipinski definition) is 1. The third-order valence-electron chi connectivity index (χ3n) is 4.14. The molecule has 0 aliphatic heterocycles. The van der Waals surface area contributed by atoms with Crippen LogP contribution in [-0.2, 0) is 6.42 Å². The monoisotopic (exact) mass is 428 g/mol. The van der Waals surface area contributed by atoms with Gasteiger partial charge in [0.05, 0.1) is 6.54 Å². The van der Waals surface area contributed by atoms with E-state index in [2.05, 4.69) is 25.4 Å². The van der Waals surface area contributed by atoms with Crippen LogP contribution in [-0.4, -0.2) is 59.3 Å². The van der Waals surface area contributed by atoms with Gasteiger partial charge in [-0.3, -0.25) is 9.98 Å². The number of rotatable bonds is 9. The molecule has 0 unspecified atom stereocenters. The topological polar surface area (TPSA) is 88.7 Å². The number of aliphatic imine (C=N–C) groups is 1. The Morgan fingerprint density at radius 3 is 2.93 bits per heavy atom. The standard InChI is InChI=1S/C21H25ClN6O2/c1-3-23-21(28(2)13-14-29-17-8-6-7-16(22)15-17)25-12-10-19-26-20(30-27-19)18-9-4-5-11-24-18/h4-9,11,15H,3,10,12-14H2,1-2H3,(H,23,25). The lowest BCUT2D eigenvalue weighted by Crippen LogP contribution is -2.41. The zero-order valence-electron chi connectivity index (χ0n) is 17.1. The average molecular weight is 429 g/mol. The van der Waals surface area contributed by atoms with Crippen molar-refractivity contribution in [1.29, 1.82) is 0 Å². The Labute approximate surface area is 180 Å². The number of benzene rings is 1. The van der Waals surface area contributed by atoms with E-state index in [1.165, 1.54) is 0 Å². The number of ether oxygens (including phenoxy) is 1. The Morgan fingerprint density at radius 2 is 2.17 bits per heavy atom. The SMILES string of the molecule is CCNC(=NCCc1noc(-c2ccccn2)n1)N(C)CCOc1cccc(Cl)c1. The Balaban J connectivity index is 1.50. The first-order chi connectivity index (χ1) is 14.7. The van der Waals surface area contributed by atoms with E-state index < -0.39 is 0 Å². The third-order valence-corrected chi connectivity index (χ3v) is 4.37. The minimum Gasteiger partial charge on any atom is -0.492 e. The highest BCUT2D eigenvalue weighted by Crippen LogP contribution is 2.17. The fourth-order valence-corrected chi connectivity index (χ4v) is 2.82. The molecular formula is C21H25ClN6O2. The van der Waals surface area contributed by atoms with Crippen molar-refractivity contribution in [3.05, 3.63) is 59.5 Å². The molecule has 0 aliphatic rings. The summed E-state index contributed by atoms with van der Waals surface area (Å²) in [5.74, 6) is 2.55. The van der Waals surface area contributed by atoms with Crippen LogP contribution in [0.3, 0.4) is 0 Å². The molecule has 0 spiro atoms. The average Bonchev–Trinajstić information content (AvgIpc) is 3.23. The second kappa shape index (κ2) is 11.2. The molecule has 30 heavy (non-hydrogen) atoms. The summed E-state index contributed by atoms with van der Waals surface area (Å²) in [6.45, 7) is 4.52. The highest BCUT2D eigenvalue weighted by atomic mass is 35.5. The van der Waals surface area contributed by atoms with Crippen LogP contribution in [0.2, 0.25) is 5.02 Å². The van der Waals surface area contributed by atoms with Gasteiger partial charge in [-0.2, -0.15) is 4.98 Å². The van der Waals surface area contributed by atoms with E-state index in [1.54, 1.807) is 12.3 Å². The molecule has 0 fully saturated rings. The lowest BCUT2D eigenvalue weighted by Gasteiger charge is -2.22. The van der Waals surface area contributed by atoms with Crippen LogP contribution in [0, 0.1) is 0 Å². The first-order valence-corrected chi connectivity index (χ1v) is 10.2. The van der Waals surface area contributed by atoms with Gasteiger partial charge in [-0.15, -0.1) is 0 Å². The molecule has 3 aromatic rings. The number of likely N-dealkylation sites (N-methyl/N-ethyl adjacent to an activating group) is 1. The van der Waals surface area contributed by atoms with E-state index in [4.69, 9.17) is 20.9 Å². The molecule has 0 atom stereocenters. The van der Waals surface area contributed by atoms with Gasteiger partial charge in [0, 0.05) is 37.8 Å². The zero-order valence-corrected chi connectivity index (χ0v) is 17.8. The highest BCUT2D eigenvalue weighted by molar-refractivity contribution is 6.30. The van der Waals surface area contributed by atoms with Crippen LogP contribution < -0.4 is 10.1 Å². The van der Waals surface area contributed by atoms with Gasteiger partial charge >= 0.3 is 0 Å². The first-order valence-electron chi connectivity index (χ1n) is 9.77. The van der Waals surface area contributed by atoms with Crippen LogP contribution in [0.25, 0.3) is 11.6 Å². The summed E-state index contributed by atoms with van der Waals surface area (Å²) in [5.41, 5.74) is 0.660. The largest absolute Gasteiger partial charge is 0.492 e. The maximum Gasteiger partial charge on any atom is 0.276 e. The number of nitrogens with zero attached hydrogens (tertiary/aromatic N) is 5. The summed E-state index contributed by atoms with van der Waals surface area (Å²) in [7, 11) is 1.97. The van der Waals surface area contributed by atoms with Gasteiger partial charge in [0.25, 0.3) is 5.89 Å². The number of aromatic nitrogens is 3. The summed E-state index contributed by atoms with van der Waals surface area (Å²) >= 11 is 5.98. The van der Waals surface area contributed by atoms with E-state index in [0.717, 1.165) is 18.3 Å². The van der Waals surface area contributed by atoms with E-state index in [9.17, 15) is 0 Å². The quantitative estimate of drug-likeness (QED) is 0.413. The van der Waals surface area contributed by atoms with Crippen molar-refractivity contribution in [2.24, 2.45) is 4.99 Å². The second-order valence-electron chi connectivity index (χ2n) is 6.44. The fraction of sp³-hybridized carbons (Fsp3) is 0.333. The molecule has 0 amide bonds. The van der Waals surface area contributed by atoms with Gasteiger partial charge in [-0.1, -0.05) is 28.9 Å². The number of guanidine groups is 1. The normalized spacial score (nSPS) is 11.4. The molecule has 0 saturated heterocycles. The Bertz CT molecular complexity index is 947. The molecule has 0 saturated carbocycles. The number of halogens is 1. The van der Waals surface area contributed by atoms with Crippen molar-refractivity contribution >= 4 is 17.6 Å². The Kier molecular flexibility index (Phi) is 8.02. The number of nitrogens with one attached hydrogen (secondary N) is 1. The predicted octanol–water partition coefficient (Wildman–Crippen LogP) is 3.30. The highest BCUT2D eigenvalue weighted by Gasteiger charge is 2.10. The van der Waals surface area contributed by atoms with E-state index >= 15 is 0 Å². The summed E-state index contributed by atoms with van der Waals surface area (Å²) in [6, 6.07) is 12.9. The first kappa shape index (κ1) is 21.6. The van der Waals surface area contributed by atoms with Crippen LogP contribution >= 0.6 is 11.6 Å². The lowest BCUT2D eigenvalue weighted by molar-refractivity contribution is 0.281. The molecule has 9 heteroatoms. The summed E-state index contributed by atoms with van der Waals surface area (Å²) in [5, 5.41) is 7.95. The Morgan fingerprint density at radius 1 is 1.27 bits per heavy atom. The number of pyridine rings is 1. The van der Waals surface area contributed by atoms with Gasteiger partial charge in [0.2, 0.25) is 0 Å². The van der Waals surface area contributed by atoms with Crippen LogP contribution in [0.4, 0.5) is 0 Å². The summed E-state index contributed by atoms with van der Waals surface area (Å²) in [4.78, 5) is 15.3. The predicted molar refractivity (Wildman–Crippen MR) is 117 cm³/mol. The molecule has 3 rings (SSSR count). The van der Waals surface area contributed by atoms with Crippen molar-refractivity contribution in [3.63, 3.8) is 0 Å².